The minimum atomic E-state index is -1.24. The lowest BCUT2D eigenvalue weighted by Crippen LogP contribution is -2.45. The Hall–Kier alpha value is -2.43. The van der Waals surface area contributed by atoms with Crippen molar-refractivity contribution in [2.45, 2.75) is 62.8 Å². The molecule has 8 heteroatoms. The summed E-state index contributed by atoms with van der Waals surface area (Å²) >= 11 is 13.0. The van der Waals surface area contributed by atoms with Crippen LogP contribution < -0.4 is 0 Å². The number of fused-ring (bicyclic) bond motifs is 2. The zero-order valence-electron chi connectivity index (χ0n) is 19.5. The van der Waals surface area contributed by atoms with Crippen LogP contribution in [0.2, 0.25) is 10.0 Å². The lowest BCUT2D eigenvalue weighted by atomic mass is 9.69. The van der Waals surface area contributed by atoms with E-state index in [4.69, 9.17) is 39.0 Å². The zero-order chi connectivity index (χ0) is 25.0. The molecular weight excluding hydrogens is 502 g/mol. The second-order valence-electron chi connectivity index (χ2n) is 10.2. The van der Waals surface area contributed by atoms with Crippen LogP contribution in [-0.2, 0) is 16.9 Å². The van der Waals surface area contributed by atoms with Crippen LogP contribution in [0.4, 0.5) is 10.1 Å². The number of rotatable bonds is 6. The average Bonchev–Trinajstić information content (AvgIpc) is 3.60. The van der Waals surface area contributed by atoms with E-state index in [9.17, 15) is 9.50 Å². The highest BCUT2D eigenvalue weighted by Gasteiger charge is 2.55. The van der Waals surface area contributed by atoms with Crippen molar-refractivity contribution in [3.8, 4) is 11.3 Å². The molecular formula is C28H25Cl2FN2O3. The maximum atomic E-state index is 14.9. The molecule has 36 heavy (non-hydrogen) atoms. The lowest BCUT2D eigenvalue weighted by Gasteiger charge is -2.43. The summed E-state index contributed by atoms with van der Waals surface area (Å²) < 4.78 is 27.1. The Morgan fingerprint density at radius 1 is 1.11 bits per heavy atom. The van der Waals surface area contributed by atoms with Gasteiger partial charge in [-0.1, -0.05) is 46.6 Å². The number of hydrogen-bond acceptors (Lipinski definition) is 4. The normalized spacial score (nSPS) is 27.2. The molecule has 1 aromatic heterocycles. The first-order valence-electron chi connectivity index (χ1n) is 12.3. The van der Waals surface area contributed by atoms with Crippen LogP contribution in [0, 0.1) is 24.2 Å². The number of benzene rings is 2. The van der Waals surface area contributed by atoms with E-state index in [0.717, 1.165) is 37.0 Å². The summed E-state index contributed by atoms with van der Waals surface area (Å²) in [7, 11) is 0. The molecule has 6 rings (SSSR count). The van der Waals surface area contributed by atoms with E-state index in [0.29, 0.717) is 52.2 Å². The van der Waals surface area contributed by atoms with Gasteiger partial charge >= 0.3 is 0 Å². The smallest absolute Gasteiger partial charge is 0.190 e. The van der Waals surface area contributed by atoms with E-state index >= 15 is 0 Å². The first-order chi connectivity index (χ1) is 17.4. The molecule has 1 N–H and O–H groups in total. The van der Waals surface area contributed by atoms with Gasteiger partial charge in [0, 0.05) is 22.6 Å². The van der Waals surface area contributed by atoms with Gasteiger partial charge in [-0.25, -0.2) is 9.24 Å². The fourth-order valence-electron chi connectivity index (χ4n) is 6.23. The predicted octanol–water partition coefficient (Wildman–Crippen LogP) is 7.81. The van der Waals surface area contributed by atoms with Gasteiger partial charge in [0.15, 0.2) is 5.69 Å². The maximum absolute atomic E-state index is 14.9. The quantitative estimate of drug-likeness (QED) is 0.332. The number of halogens is 3. The molecule has 5 nitrogen and oxygen atoms in total. The first-order valence-corrected chi connectivity index (χ1v) is 13.1. The molecule has 0 spiro atoms. The summed E-state index contributed by atoms with van der Waals surface area (Å²) in [6, 6.07) is 9.73. The molecule has 3 fully saturated rings. The molecule has 3 aromatic rings. The Morgan fingerprint density at radius 3 is 2.42 bits per heavy atom. The van der Waals surface area contributed by atoms with Crippen molar-refractivity contribution in [1.29, 1.82) is 0 Å². The Kier molecular flexibility index (Phi) is 6.08. The highest BCUT2D eigenvalue weighted by atomic mass is 35.5. The standard InChI is InChI=1S/C28H25Cl2FN2O3/c1-32-18-9-10-21(24(31)13-18)28(34)16-7-8-17(28)12-19(11-16)35-14-20-26(33-36-27(20)15-5-6-15)25-22(29)3-2-4-23(25)30/h2-4,9-10,13,15-17,19,34H,5-8,11-12,14H2/t16-,17+,19?,28?. The monoisotopic (exact) mass is 526 g/mol. The minimum Gasteiger partial charge on any atom is -0.384 e. The van der Waals surface area contributed by atoms with E-state index in [1.165, 1.54) is 6.07 Å². The van der Waals surface area contributed by atoms with Crippen LogP contribution in [0.25, 0.3) is 16.1 Å². The SMILES string of the molecule is [C-]#[N+]c1ccc(C2(O)[C@@H]3CC[C@H]2CC(OCc2c(-c4c(Cl)cccc4Cl)noc2C2CC2)C3)c(F)c1. The van der Waals surface area contributed by atoms with Gasteiger partial charge in [0.1, 0.15) is 17.3 Å². The van der Waals surface area contributed by atoms with Crippen molar-refractivity contribution >= 4 is 28.9 Å². The van der Waals surface area contributed by atoms with Crippen LogP contribution in [0.5, 0.6) is 0 Å². The molecule has 186 valence electrons. The fraction of sp³-hybridized carbons (Fsp3) is 0.429. The molecule has 3 aliphatic rings. The third-order valence-corrected chi connectivity index (χ3v) is 8.78. The Labute approximate surface area is 219 Å². The van der Waals surface area contributed by atoms with E-state index < -0.39 is 11.4 Å². The zero-order valence-corrected chi connectivity index (χ0v) is 21.0. The van der Waals surface area contributed by atoms with Gasteiger partial charge in [-0.05, 0) is 68.6 Å². The largest absolute Gasteiger partial charge is 0.384 e. The average molecular weight is 527 g/mol. The van der Waals surface area contributed by atoms with Crippen molar-refractivity contribution < 1.29 is 18.8 Å². The van der Waals surface area contributed by atoms with E-state index in [2.05, 4.69) is 10.0 Å². The number of hydrogen-bond donors (Lipinski definition) is 1. The van der Waals surface area contributed by atoms with Gasteiger partial charge < -0.3 is 14.4 Å². The molecule has 4 atom stereocenters. The highest BCUT2D eigenvalue weighted by Crippen LogP contribution is 2.56. The first kappa shape index (κ1) is 23.9. The molecule has 2 aromatic carbocycles. The van der Waals surface area contributed by atoms with E-state index in [1.54, 1.807) is 30.3 Å². The summed E-state index contributed by atoms with van der Waals surface area (Å²) in [5.41, 5.74) is 1.43. The second-order valence-corrected chi connectivity index (χ2v) is 11.0. The van der Waals surface area contributed by atoms with E-state index in [-0.39, 0.29) is 23.6 Å². The lowest BCUT2D eigenvalue weighted by molar-refractivity contribution is -0.117. The molecule has 1 heterocycles. The van der Waals surface area contributed by atoms with Gasteiger partial charge in [0.2, 0.25) is 0 Å². The summed E-state index contributed by atoms with van der Waals surface area (Å²) in [4.78, 5) is 3.30. The number of aromatic nitrogens is 1. The van der Waals surface area contributed by atoms with Gasteiger partial charge in [0.05, 0.1) is 34.9 Å². The molecule has 3 aliphatic carbocycles. The highest BCUT2D eigenvalue weighted by molar-refractivity contribution is 6.39. The number of ether oxygens (including phenoxy) is 1. The van der Waals surface area contributed by atoms with Crippen LogP contribution in [0.1, 0.15) is 61.3 Å². The van der Waals surface area contributed by atoms with Crippen LogP contribution in [-0.4, -0.2) is 16.4 Å². The fourth-order valence-corrected chi connectivity index (χ4v) is 6.80. The number of aliphatic hydroxyl groups is 1. The van der Waals surface area contributed by atoms with Crippen molar-refractivity contribution in [2.75, 3.05) is 0 Å². The molecule has 0 saturated heterocycles. The molecule has 0 radical (unpaired) electrons. The van der Waals surface area contributed by atoms with Crippen molar-refractivity contribution in [1.82, 2.24) is 5.16 Å². The third kappa shape index (κ3) is 3.94. The van der Waals surface area contributed by atoms with E-state index in [1.807, 2.05) is 0 Å². The van der Waals surface area contributed by atoms with Crippen LogP contribution >= 0.6 is 23.2 Å². The molecule has 0 amide bonds. The topological polar surface area (TPSA) is 59.9 Å². The van der Waals surface area contributed by atoms with Gasteiger partial charge in [-0.3, -0.25) is 0 Å². The maximum Gasteiger partial charge on any atom is 0.190 e. The van der Waals surface area contributed by atoms with Crippen LogP contribution in [0.3, 0.4) is 0 Å². The third-order valence-electron chi connectivity index (χ3n) is 8.15. The van der Waals surface area contributed by atoms with Crippen LogP contribution in [0.15, 0.2) is 40.9 Å². The molecule has 2 unspecified atom stereocenters. The Bertz CT molecular complexity index is 1330. The van der Waals surface area contributed by atoms with Crippen molar-refractivity contribution in [2.24, 2.45) is 11.8 Å². The minimum absolute atomic E-state index is 0.0788. The molecule has 2 bridgehead atoms. The number of nitrogens with zero attached hydrogens (tertiary/aromatic N) is 2. The van der Waals surface area contributed by atoms with Gasteiger partial charge in [-0.2, -0.15) is 0 Å². The molecule has 0 aliphatic heterocycles. The Balaban J connectivity index is 1.24. The van der Waals surface area contributed by atoms with Gasteiger partial charge in [-0.15, -0.1) is 0 Å². The van der Waals surface area contributed by atoms with Crippen molar-refractivity contribution in [3.05, 3.63) is 80.6 Å². The van der Waals surface area contributed by atoms with Gasteiger partial charge in [0.25, 0.3) is 0 Å². The second kappa shape index (κ2) is 9.15. The summed E-state index contributed by atoms with van der Waals surface area (Å²) in [5.74, 6) is 0.426. The van der Waals surface area contributed by atoms with Crippen molar-refractivity contribution in [3.63, 3.8) is 0 Å². The Morgan fingerprint density at radius 2 is 1.81 bits per heavy atom. The molecule has 3 saturated carbocycles. The predicted molar refractivity (Wildman–Crippen MR) is 135 cm³/mol. The summed E-state index contributed by atoms with van der Waals surface area (Å²) in [6.45, 7) is 7.43. The summed E-state index contributed by atoms with van der Waals surface area (Å²) in [5, 5.41) is 17.1. The summed E-state index contributed by atoms with van der Waals surface area (Å²) in [6.07, 6.45) is 4.90.